The van der Waals surface area contributed by atoms with Crippen LogP contribution in [0.2, 0.25) is 0 Å². The maximum atomic E-state index is 14.2. The highest BCUT2D eigenvalue weighted by Gasteiger charge is 2.33. The average molecular weight is 596 g/mol. The fraction of sp³-hybridized carbons (Fsp3) is 0.375. The van der Waals surface area contributed by atoms with Crippen molar-refractivity contribution >= 4 is 27.5 Å². The monoisotopic (exact) mass is 595 g/mol. The number of sulfonamides is 1. The number of carbonyl (C=O) groups excluding carboxylic acids is 2. The van der Waals surface area contributed by atoms with Crippen LogP contribution < -0.4 is 19.1 Å². The Morgan fingerprint density at radius 2 is 1.55 bits per heavy atom. The van der Waals surface area contributed by atoms with Gasteiger partial charge in [0.05, 0.1) is 24.8 Å². The van der Waals surface area contributed by atoms with Gasteiger partial charge in [0.1, 0.15) is 12.6 Å². The number of nitrogens with zero attached hydrogens (tertiary/aromatic N) is 2. The summed E-state index contributed by atoms with van der Waals surface area (Å²) in [6, 6.07) is 18.5. The van der Waals surface area contributed by atoms with E-state index in [0.717, 1.165) is 27.4 Å². The fourth-order valence-corrected chi connectivity index (χ4v) is 6.11. The Kier molecular flexibility index (Phi) is 11.4. The Balaban J connectivity index is 2.05. The van der Waals surface area contributed by atoms with Gasteiger partial charge in [0, 0.05) is 19.2 Å². The van der Waals surface area contributed by atoms with Gasteiger partial charge in [0.15, 0.2) is 11.5 Å². The molecule has 3 aromatic carbocycles. The van der Waals surface area contributed by atoms with Gasteiger partial charge in [-0.3, -0.25) is 13.9 Å². The fourth-order valence-electron chi connectivity index (χ4n) is 4.69. The lowest BCUT2D eigenvalue weighted by atomic mass is 10.1. The minimum atomic E-state index is -4.25. The highest BCUT2D eigenvalue weighted by molar-refractivity contribution is 7.92. The summed E-state index contributed by atoms with van der Waals surface area (Å²) in [4.78, 5) is 28.4. The first kappa shape index (κ1) is 32.5. The van der Waals surface area contributed by atoms with Gasteiger partial charge in [-0.25, -0.2) is 8.42 Å². The molecule has 0 aliphatic carbocycles. The van der Waals surface area contributed by atoms with E-state index in [9.17, 15) is 18.0 Å². The summed E-state index contributed by atoms with van der Waals surface area (Å²) in [6.45, 7) is 7.56. The van der Waals surface area contributed by atoms with E-state index in [2.05, 4.69) is 5.32 Å². The van der Waals surface area contributed by atoms with Gasteiger partial charge < -0.3 is 19.7 Å². The lowest BCUT2D eigenvalue weighted by molar-refractivity contribution is -0.138. The second kappa shape index (κ2) is 14.7. The molecule has 1 atom stereocenters. The number of aryl methyl sites for hydroxylation is 2. The molecule has 9 nitrogen and oxygen atoms in total. The Morgan fingerprint density at radius 3 is 2.14 bits per heavy atom. The number of rotatable bonds is 14. The van der Waals surface area contributed by atoms with Crippen LogP contribution in [0.3, 0.4) is 0 Å². The third kappa shape index (κ3) is 8.03. The Morgan fingerprint density at radius 1 is 0.905 bits per heavy atom. The molecule has 2 amide bonds. The number of benzene rings is 3. The smallest absolute Gasteiger partial charge is 0.264 e. The van der Waals surface area contributed by atoms with Crippen molar-refractivity contribution in [1.82, 2.24) is 10.2 Å². The van der Waals surface area contributed by atoms with Crippen LogP contribution in [0.25, 0.3) is 0 Å². The van der Waals surface area contributed by atoms with E-state index in [4.69, 9.17) is 9.47 Å². The van der Waals surface area contributed by atoms with Gasteiger partial charge >= 0.3 is 0 Å². The zero-order valence-electron chi connectivity index (χ0n) is 25.2. The molecule has 0 aromatic heterocycles. The first-order valence-corrected chi connectivity index (χ1v) is 15.4. The first-order chi connectivity index (χ1) is 20.0. The molecule has 226 valence electrons. The number of hydrogen-bond donors (Lipinski definition) is 1. The predicted molar refractivity (Wildman–Crippen MR) is 165 cm³/mol. The Bertz CT molecular complexity index is 1460. The van der Waals surface area contributed by atoms with E-state index < -0.39 is 28.5 Å². The summed E-state index contributed by atoms with van der Waals surface area (Å²) in [5.41, 5.74) is 3.04. The van der Waals surface area contributed by atoms with Gasteiger partial charge in [0.2, 0.25) is 11.8 Å². The van der Waals surface area contributed by atoms with Gasteiger partial charge in [0.25, 0.3) is 10.0 Å². The molecule has 0 saturated heterocycles. The van der Waals surface area contributed by atoms with E-state index in [1.807, 2.05) is 57.2 Å². The van der Waals surface area contributed by atoms with Crippen LogP contribution in [0.15, 0.2) is 71.6 Å². The molecule has 0 bridgehead atoms. The third-order valence-electron chi connectivity index (χ3n) is 6.92. The molecule has 0 aliphatic rings. The molecule has 0 radical (unpaired) electrons. The summed E-state index contributed by atoms with van der Waals surface area (Å²) >= 11 is 0. The number of anilines is 1. The van der Waals surface area contributed by atoms with Gasteiger partial charge in [-0.2, -0.15) is 0 Å². The molecule has 42 heavy (non-hydrogen) atoms. The lowest BCUT2D eigenvalue weighted by Gasteiger charge is -2.32. The minimum absolute atomic E-state index is 0.0586. The third-order valence-corrected chi connectivity index (χ3v) is 8.69. The second-order valence-corrected chi connectivity index (χ2v) is 12.0. The largest absolute Gasteiger partial charge is 0.493 e. The number of carbonyl (C=O) groups is 2. The average Bonchev–Trinajstić information content (AvgIpc) is 2.98. The zero-order valence-corrected chi connectivity index (χ0v) is 26.0. The SMILES string of the molecule is CCCNC(=O)[C@@H](C)N(CCc1ccccc1)C(=O)CN(c1cc(C)cc(C)c1)S(=O)(=O)c1ccc(OC)c(OC)c1. The van der Waals surface area contributed by atoms with Crippen LogP contribution in [-0.4, -0.2) is 65.0 Å². The highest BCUT2D eigenvalue weighted by atomic mass is 32.2. The molecule has 1 N–H and O–H groups in total. The Labute approximate surface area is 249 Å². The molecule has 0 spiro atoms. The maximum absolute atomic E-state index is 14.2. The molecule has 3 rings (SSSR count). The van der Waals surface area contributed by atoms with Crippen LogP contribution in [0.4, 0.5) is 5.69 Å². The standard InChI is InChI=1S/C32H41N3O6S/c1-7-16-33-32(37)25(4)34(17-15-26-11-9-8-10-12-26)31(36)22-35(27-19-23(2)18-24(3)20-27)42(38,39)28-13-14-29(40-5)30(21-28)41-6/h8-14,18-21,25H,7,15-17,22H2,1-6H3,(H,33,37)/t25-/m1/s1. The van der Waals surface area contributed by atoms with E-state index >= 15 is 0 Å². The number of methoxy groups -OCH3 is 2. The topological polar surface area (TPSA) is 105 Å². The van der Waals surface area contributed by atoms with Crippen molar-refractivity contribution in [3.8, 4) is 11.5 Å². The highest BCUT2D eigenvalue weighted by Crippen LogP contribution is 2.33. The van der Waals surface area contributed by atoms with E-state index in [1.54, 1.807) is 19.1 Å². The maximum Gasteiger partial charge on any atom is 0.264 e. The summed E-state index contributed by atoms with van der Waals surface area (Å²) in [7, 11) is -1.36. The predicted octanol–water partition coefficient (Wildman–Crippen LogP) is 4.50. The summed E-state index contributed by atoms with van der Waals surface area (Å²) in [5, 5.41) is 2.85. The van der Waals surface area contributed by atoms with Crippen LogP contribution in [-0.2, 0) is 26.0 Å². The number of hydrogen-bond acceptors (Lipinski definition) is 6. The van der Waals surface area contributed by atoms with Crippen LogP contribution in [0, 0.1) is 13.8 Å². The number of nitrogens with one attached hydrogen (secondary N) is 1. The quantitative estimate of drug-likeness (QED) is 0.294. The molecule has 0 saturated carbocycles. The second-order valence-electron chi connectivity index (χ2n) is 10.2. The molecular formula is C32H41N3O6S. The van der Waals surface area contributed by atoms with Crippen molar-refractivity contribution in [2.45, 2.75) is 51.5 Å². The molecule has 0 unspecified atom stereocenters. The Hall–Kier alpha value is -4.05. The zero-order chi connectivity index (χ0) is 30.9. The van der Waals surface area contributed by atoms with Gasteiger partial charge in [-0.05, 0) is 74.6 Å². The molecule has 0 heterocycles. The van der Waals surface area contributed by atoms with E-state index in [0.29, 0.717) is 24.4 Å². The van der Waals surface area contributed by atoms with Crippen LogP contribution in [0.5, 0.6) is 11.5 Å². The van der Waals surface area contributed by atoms with Crippen molar-refractivity contribution in [3.63, 3.8) is 0 Å². The van der Waals surface area contributed by atoms with E-state index in [-0.39, 0.29) is 23.1 Å². The van der Waals surface area contributed by atoms with Gasteiger partial charge in [-0.1, -0.05) is 43.3 Å². The minimum Gasteiger partial charge on any atom is -0.493 e. The van der Waals surface area contributed by atoms with Crippen molar-refractivity contribution in [2.24, 2.45) is 0 Å². The van der Waals surface area contributed by atoms with Crippen molar-refractivity contribution < 1.29 is 27.5 Å². The molecule has 10 heteroatoms. The molecule has 0 fully saturated rings. The van der Waals surface area contributed by atoms with Crippen LogP contribution >= 0.6 is 0 Å². The van der Waals surface area contributed by atoms with Gasteiger partial charge in [-0.15, -0.1) is 0 Å². The number of amides is 2. The molecule has 3 aromatic rings. The number of ether oxygens (including phenoxy) is 2. The summed E-state index contributed by atoms with van der Waals surface area (Å²) < 4.78 is 40.1. The van der Waals surface area contributed by atoms with Crippen molar-refractivity contribution in [3.05, 3.63) is 83.4 Å². The summed E-state index contributed by atoms with van der Waals surface area (Å²) in [5.74, 6) is -0.160. The van der Waals surface area contributed by atoms with E-state index in [1.165, 1.54) is 37.3 Å². The first-order valence-electron chi connectivity index (χ1n) is 14.0. The molecule has 0 aliphatic heterocycles. The van der Waals surface area contributed by atoms with Crippen molar-refractivity contribution in [2.75, 3.05) is 38.2 Å². The lowest BCUT2D eigenvalue weighted by Crippen LogP contribution is -2.52. The van der Waals surface area contributed by atoms with Crippen molar-refractivity contribution in [1.29, 1.82) is 0 Å². The van der Waals surface area contributed by atoms with Crippen LogP contribution in [0.1, 0.15) is 37.0 Å². The normalized spacial score (nSPS) is 11.9. The summed E-state index contributed by atoms with van der Waals surface area (Å²) in [6.07, 6.45) is 1.25. The molecular weight excluding hydrogens is 554 g/mol.